The highest BCUT2D eigenvalue weighted by atomic mass is 16.3. The maximum absolute atomic E-state index is 5.54. The van der Waals surface area contributed by atoms with Crippen LogP contribution in [0, 0.1) is 0 Å². The van der Waals surface area contributed by atoms with Crippen molar-refractivity contribution in [3.63, 3.8) is 0 Å². The van der Waals surface area contributed by atoms with Gasteiger partial charge in [-0.25, -0.2) is 4.98 Å². The SMILES string of the molecule is CC(C)c1ccc(-c2cnc3nc(CN)oc3c2)cc1. The standard InChI is InChI=1S/C16H17N3O/c1-10(2)11-3-5-12(6-4-11)13-7-14-16(18-9-13)19-15(8-17)20-14/h3-7,9-10H,8,17H2,1-2H3. The number of hydrogen-bond acceptors (Lipinski definition) is 4. The van der Waals surface area contributed by atoms with E-state index in [1.54, 1.807) is 0 Å². The number of pyridine rings is 1. The molecule has 1 aromatic carbocycles. The average molecular weight is 267 g/mol. The summed E-state index contributed by atoms with van der Waals surface area (Å²) in [5.41, 5.74) is 10.3. The molecule has 4 heteroatoms. The lowest BCUT2D eigenvalue weighted by atomic mass is 9.99. The highest BCUT2D eigenvalue weighted by Crippen LogP contribution is 2.25. The van der Waals surface area contributed by atoms with E-state index in [0.29, 0.717) is 23.0 Å². The number of nitrogens with two attached hydrogens (primary N) is 1. The number of aromatic nitrogens is 2. The van der Waals surface area contributed by atoms with Gasteiger partial charge in [0.25, 0.3) is 0 Å². The van der Waals surface area contributed by atoms with Crippen molar-refractivity contribution in [3.05, 3.63) is 48.0 Å². The molecule has 0 spiro atoms. The molecule has 4 nitrogen and oxygen atoms in total. The third-order valence-electron chi connectivity index (χ3n) is 3.38. The molecule has 2 heterocycles. The Labute approximate surface area is 117 Å². The molecular formula is C16H17N3O. The Morgan fingerprint density at radius 3 is 2.55 bits per heavy atom. The molecule has 0 aliphatic rings. The number of nitrogens with zero attached hydrogens (tertiary/aromatic N) is 2. The second kappa shape index (κ2) is 5.06. The van der Waals surface area contributed by atoms with Crippen molar-refractivity contribution in [2.45, 2.75) is 26.3 Å². The summed E-state index contributed by atoms with van der Waals surface area (Å²) in [4.78, 5) is 8.52. The predicted molar refractivity (Wildman–Crippen MR) is 79.2 cm³/mol. The van der Waals surface area contributed by atoms with E-state index in [-0.39, 0.29) is 6.54 Å². The van der Waals surface area contributed by atoms with Crippen LogP contribution in [0.4, 0.5) is 0 Å². The van der Waals surface area contributed by atoms with E-state index in [4.69, 9.17) is 10.2 Å². The molecule has 0 aliphatic carbocycles. The van der Waals surface area contributed by atoms with Crippen LogP contribution >= 0.6 is 0 Å². The first-order valence-electron chi connectivity index (χ1n) is 6.73. The third kappa shape index (κ3) is 2.30. The third-order valence-corrected chi connectivity index (χ3v) is 3.38. The molecular weight excluding hydrogens is 250 g/mol. The van der Waals surface area contributed by atoms with E-state index in [1.807, 2.05) is 12.3 Å². The lowest BCUT2D eigenvalue weighted by Gasteiger charge is -2.06. The molecule has 0 radical (unpaired) electrons. The summed E-state index contributed by atoms with van der Waals surface area (Å²) in [6.07, 6.45) is 1.82. The van der Waals surface area contributed by atoms with Gasteiger partial charge >= 0.3 is 0 Å². The first-order chi connectivity index (χ1) is 9.67. The lowest BCUT2D eigenvalue weighted by Crippen LogP contribution is -1.95. The van der Waals surface area contributed by atoms with Gasteiger partial charge in [0, 0.05) is 11.8 Å². The Morgan fingerprint density at radius 1 is 1.15 bits per heavy atom. The van der Waals surface area contributed by atoms with E-state index < -0.39 is 0 Å². The fraction of sp³-hybridized carbons (Fsp3) is 0.250. The van der Waals surface area contributed by atoms with Gasteiger partial charge in [-0.05, 0) is 23.1 Å². The van der Waals surface area contributed by atoms with Crippen molar-refractivity contribution in [1.29, 1.82) is 0 Å². The van der Waals surface area contributed by atoms with Crippen molar-refractivity contribution in [1.82, 2.24) is 9.97 Å². The van der Waals surface area contributed by atoms with Gasteiger partial charge in [0.2, 0.25) is 5.89 Å². The van der Waals surface area contributed by atoms with Crippen LogP contribution in [0.15, 0.2) is 40.9 Å². The highest BCUT2D eigenvalue weighted by molar-refractivity contribution is 5.76. The topological polar surface area (TPSA) is 64.9 Å². The number of benzene rings is 1. The Kier molecular flexibility index (Phi) is 3.24. The zero-order valence-corrected chi connectivity index (χ0v) is 11.6. The van der Waals surface area contributed by atoms with Gasteiger partial charge < -0.3 is 10.2 Å². The van der Waals surface area contributed by atoms with Crippen molar-refractivity contribution in [2.75, 3.05) is 0 Å². The average Bonchev–Trinajstić information content (AvgIpc) is 2.89. The smallest absolute Gasteiger partial charge is 0.210 e. The van der Waals surface area contributed by atoms with E-state index >= 15 is 0 Å². The summed E-state index contributed by atoms with van der Waals surface area (Å²) >= 11 is 0. The molecule has 0 aliphatic heterocycles. The molecule has 0 fully saturated rings. The van der Waals surface area contributed by atoms with Gasteiger partial charge in [-0.3, -0.25) is 0 Å². The van der Waals surface area contributed by atoms with Crippen LogP contribution in [0.3, 0.4) is 0 Å². The molecule has 0 bridgehead atoms. The summed E-state index contributed by atoms with van der Waals surface area (Å²) in [6.45, 7) is 4.66. The van der Waals surface area contributed by atoms with Crippen LogP contribution in [0.2, 0.25) is 0 Å². The van der Waals surface area contributed by atoms with Gasteiger partial charge in [-0.2, -0.15) is 4.98 Å². The monoisotopic (exact) mass is 267 g/mol. The molecule has 2 N–H and O–H groups in total. The Balaban J connectivity index is 2.00. The molecule has 0 atom stereocenters. The molecule has 0 amide bonds. The fourth-order valence-corrected chi connectivity index (χ4v) is 2.17. The summed E-state index contributed by atoms with van der Waals surface area (Å²) in [7, 11) is 0. The summed E-state index contributed by atoms with van der Waals surface area (Å²) in [5.74, 6) is 1.05. The van der Waals surface area contributed by atoms with Crippen LogP contribution in [0.25, 0.3) is 22.4 Å². The maximum atomic E-state index is 5.54. The Morgan fingerprint density at radius 2 is 1.90 bits per heavy atom. The molecule has 3 rings (SSSR count). The molecule has 20 heavy (non-hydrogen) atoms. The molecule has 2 aromatic heterocycles. The first-order valence-corrected chi connectivity index (χ1v) is 6.73. The van der Waals surface area contributed by atoms with Crippen molar-refractivity contribution in [2.24, 2.45) is 5.73 Å². The maximum Gasteiger partial charge on any atom is 0.210 e. The van der Waals surface area contributed by atoms with E-state index in [2.05, 4.69) is 48.1 Å². The number of rotatable bonds is 3. The molecule has 0 saturated carbocycles. The van der Waals surface area contributed by atoms with Crippen molar-refractivity contribution >= 4 is 11.2 Å². The fourth-order valence-electron chi connectivity index (χ4n) is 2.17. The second-order valence-corrected chi connectivity index (χ2v) is 5.13. The van der Waals surface area contributed by atoms with Crippen molar-refractivity contribution < 1.29 is 4.42 Å². The normalized spacial score (nSPS) is 11.4. The Hall–Kier alpha value is -2.20. The van der Waals surface area contributed by atoms with Crippen LogP contribution in [-0.4, -0.2) is 9.97 Å². The van der Waals surface area contributed by atoms with E-state index in [9.17, 15) is 0 Å². The minimum Gasteiger partial charge on any atom is -0.438 e. The van der Waals surface area contributed by atoms with E-state index in [0.717, 1.165) is 11.1 Å². The number of oxazole rings is 1. The molecule has 3 aromatic rings. The second-order valence-electron chi connectivity index (χ2n) is 5.13. The van der Waals surface area contributed by atoms with Crippen LogP contribution in [0.1, 0.15) is 31.2 Å². The number of fused-ring (bicyclic) bond motifs is 1. The van der Waals surface area contributed by atoms with Gasteiger partial charge in [0.15, 0.2) is 11.2 Å². The predicted octanol–water partition coefficient (Wildman–Crippen LogP) is 3.47. The van der Waals surface area contributed by atoms with Gasteiger partial charge in [0.05, 0.1) is 6.54 Å². The van der Waals surface area contributed by atoms with Crippen LogP contribution in [-0.2, 0) is 6.54 Å². The number of hydrogen-bond donors (Lipinski definition) is 1. The van der Waals surface area contributed by atoms with Crippen LogP contribution < -0.4 is 5.73 Å². The summed E-state index contributed by atoms with van der Waals surface area (Å²) in [6, 6.07) is 10.5. The van der Waals surface area contributed by atoms with Crippen LogP contribution in [0.5, 0.6) is 0 Å². The largest absolute Gasteiger partial charge is 0.438 e. The van der Waals surface area contributed by atoms with Gasteiger partial charge in [0.1, 0.15) is 0 Å². The molecule has 102 valence electrons. The molecule has 0 unspecified atom stereocenters. The molecule has 0 saturated heterocycles. The van der Waals surface area contributed by atoms with E-state index in [1.165, 1.54) is 5.56 Å². The quantitative estimate of drug-likeness (QED) is 0.789. The van der Waals surface area contributed by atoms with Gasteiger partial charge in [-0.15, -0.1) is 0 Å². The highest BCUT2D eigenvalue weighted by Gasteiger charge is 2.08. The minimum atomic E-state index is 0.286. The van der Waals surface area contributed by atoms with Crippen molar-refractivity contribution in [3.8, 4) is 11.1 Å². The summed E-state index contributed by atoms with van der Waals surface area (Å²) < 4.78 is 5.54. The summed E-state index contributed by atoms with van der Waals surface area (Å²) in [5, 5.41) is 0. The lowest BCUT2D eigenvalue weighted by molar-refractivity contribution is 0.533. The Bertz CT molecular complexity index is 729. The zero-order valence-electron chi connectivity index (χ0n) is 11.6. The first kappa shape index (κ1) is 12.8. The van der Waals surface area contributed by atoms with Gasteiger partial charge in [-0.1, -0.05) is 38.1 Å². The minimum absolute atomic E-state index is 0.286. The zero-order chi connectivity index (χ0) is 14.1.